The molecule has 0 radical (unpaired) electrons. The van der Waals surface area contributed by atoms with Crippen molar-refractivity contribution in [2.75, 3.05) is 19.0 Å². The van der Waals surface area contributed by atoms with Crippen molar-refractivity contribution in [3.8, 4) is 0 Å². The van der Waals surface area contributed by atoms with Crippen LogP contribution < -0.4 is 10.2 Å². The molecular weight excluding hydrogens is 244 g/mol. The Balaban J connectivity index is 2.04. The van der Waals surface area contributed by atoms with E-state index < -0.39 is 0 Å². The summed E-state index contributed by atoms with van der Waals surface area (Å²) in [7, 11) is 4.00. The zero-order valence-corrected chi connectivity index (χ0v) is 11.3. The van der Waals surface area contributed by atoms with Crippen LogP contribution in [0.4, 0.5) is 5.69 Å². The smallest absolute Gasteiger partial charge is 0.261 e. The van der Waals surface area contributed by atoms with Gasteiger partial charge in [-0.25, -0.2) is 0 Å². The molecule has 0 aliphatic rings. The number of rotatable bonds is 4. The van der Waals surface area contributed by atoms with Gasteiger partial charge in [-0.3, -0.25) is 4.79 Å². The summed E-state index contributed by atoms with van der Waals surface area (Å²) in [5.41, 5.74) is 2.25. The number of nitrogens with one attached hydrogen (secondary N) is 1. The first-order chi connectivity index (χ1) is 8.68. The molecule has 2 aromatic rings. The van der Waals surface area contributed by atoms with Gasteiger partial charge in [0, 0.05) is 26.3 Å². The SMILES string of the molecule is CN(C)c1ccccc1CNC(=O)c1cccs1. The monoisotopic (exact) mass is 260 g/mol. The lowest BCUT2D eigenvalue weighted by molar-refractivity contribution is 0.0955. The number of para-hydroxylation sites is 1. The second-order valence-corrected chi connectivity index (χ2v) is 5.13. The summed E-state index contributed by atoms with van der Waals surface area (Å²) in [6.07, 6.45) is 0. The molecule has 94 valence electrons. The molecule has 0 atom stereocenters. The molecule has 0 aliphatic carbocycles. The van der Waals surface area contributed by atoms with Crippen molar-refractivity contribution in [2.45, 2.75) is 6.54 Å². The number of hydrogen-bond donors (Lipinski definition) is 1. The number of benzene rings is 1. The molecule has 0 spiro atoms. The Morgan fingerprint density at radius 1 is 1.22 bits per heavy atom. The Bertz CT molecular complexity index is 520. The van der Waals surface area contributed by atoms with Gasteiger partial charge in [-0.2, -0.15) is 0 Å². The van der Waals surface area contributed by atoms with Crippen LogP contribution in [0.15, 0.2) is 41.8 Å². The topological polar surface area (TPSA) is 32.3 Å². The highest BCUT2D eigenvalue weighted by Gasteiger charge is 2.08. The van der Waals surface area contributed by atoms with Crippen molar-refractivity contribution in [3.63, 3.8) is 0 Å². The van der Waals surface area contributed by atoms with E-state index >= 15 is 0 Å². The second-order valence-electron chi connectivity index (χ2n) is 4.18. The first-order valence-corrected chi connectivity index (χ1v) is 6.63. The lowest BCUT2D eigenvalue weighted by atomic mass is 10.1. The molecule has 0 saturated heterocycles. The van der Waals surface area contributed by atoms with Crippen LogP contribution in [0.5, 0.6) is 0 Å². The first kappa shape index (κ1) is 12.6. The quantitative estimate of drug-likeness (QED) is 0.916. The minimum atomic E-state index is -0.0152. The van der Waals surface area contributed by atoms with Crippen molar-refractivity contribution in [2.24, 2.45) is 0 Å². The Morgan fingerprint density at radius 2 is 2.00 bits per heavy atom. The van der Waals surface area contributed by atoms with Crippen LogP contribution in [0.25, 0.3) is 0 Å². The molecule has 0 fully saturated rings. The van der Waals surface area contributed by atoms with E-state index in [0.717, 1.165) is 16.1 Å². The fourth-order valence-electron chi connectivity index (χ4n) is 1.77. The number of hydrogen-bond acceptors (Lipinski definition) is 3. The highest BCUT2D eigenvalue weighted by Crippen LogP contribution is 2.17. The molecule has 0 unspecified atom stereocenters. The van der Waals surface area contributed by atoms with Crippen molar-refractivity contribution in [3.05, 3.63) is 52.2 Å². The summed E-state index contributed by atoms with van der Waals surface area (Å²) in [6, 6.07) is 11.8. The summed E-state index contributed by atoms with van der Waals surface area (Å²) in [5.74, 6) is -0.0152. The van der Waals surface area contributed by atoms with Crippen LogP contribution in [0.2, 0.25) is 0 Å². The minimum absolute atomic E-state index is 0.0152. The predicted molar refractivity (Wildman–Crippen MR) is 76.3 cm³/mol. The Labute approximate surface area is 111 Å². The van der Waals surface area contributed by atoms with Crippen molar-refractivity contribution >= 4 is 22.9 Å². The summed E-state index contributed by atoms with van der Waals surface area (Å²) in [6.45, 7) is 0.547. The van der Waals surface area contributed by atoms with Gasteiger partial charge < -0.3 is 10.2 Å². The molecule has 18 heavy (non-hydrogen) atoms. The van der Waals surface area contributed by atoms with E-state index in [1.165, 1.54) is 11.3 Å². The Kier molecular flexibility index (Phi) is 3.99. The maximum Gasteiger partial charge on any atom is 0.261 e. The highest BCUT2D eigenvalue weighted by atomic mass is 32.1. The molecule has 3 nitrogen and oxygen atoms in total. The van der Waals surface area contributed by atoms with E-state index in [0.29, 0.717) is 6.54 Å². The molecule has 1 aromatic heterocycles. The van der Waals surface area contributed by atoms with E-state index in [-0.39, 0.29) is 5.91 Å². The molecule has 4 heteroatoms. The van der Waals surface area contributed by atoms with Gasteiger partial charge >= 0.3 is 0 Å². The molecule has 0 bridgehead atoms. The van der Waals surface area contributed by atoms with E-state index in [4.69, 9.17) is 0 Å². The Morgan fingerprint density at radius 3 is 2.67 bits per heavy atom. The standard InChI is InChI=1S/C14H16N2OS/c1-16(2)12-7-4-3-6-11(12)10-15-14(17)13-8-5-9-18-13/h3-9H,10H2,1-2H3,(H,15,17). The van der Waals surface area contributed by atoms with Crippen molar-refractivity contribution < 1.29 is 4.79 Å². The van der Waals surface area contributed by atoms with Gasteiger partial charge in [0.15, 0.2) is 0 Å². The predicted octanol–water partition coefficient (Wildman–Crippen LogP) is 2.74. The summed E-state index contributed by atoms with van der Waals surface area (Å²) in [4.78, 5) is 14.6. The molecule has 1 heterocycles. The molecule has 1 aromatic carbocycles. The molecule has 1 amide bonds. The van der Waals surface area contributed by atoms with Gasteiger partial charge in [0.05, 0.1) is 4.88 Å². The second kappa shape index (κ2) is 5.69. The van der Waals surface area contributed by atoms with Gasteiger partial charge in [-0.05, 0) is 23.1 Å². The molecule has 1 N–H and O–H groups in total. The van der Waals surface area contributed by atoms with E-state index in [9.17, 15) is 4.79 Å². The molecule has 0 saturated carbocycles. The number of amides is 1. The lowest BCUT2D eigenvalue weighted by Gasteiger charge is -2.17. The average Bonchev–Trinajstić information content (AvgIpc) is 2.90. The number of thiophene rings is 1. The highest BCUT2D eigenvalue weighted by molar-refractivity contribution is 7.12. The summed E-state index contributed by atoms with van der Waals surface area (Å²) < 4.78 is 0. The largest absolute Gasteiger partial charge is 0.377 e. The minimum Gasteiger partial charge on any atom is -0.377 e. The maximum absolute atomic E-state index is 11.8. The van der Waals surface area contributed by atoms with Crippen molar-refractivity contribution in [1.29, 1.82) is 0 Å². The van der Waals surface area contributed by atoms with Crippen LogP contribution in [0, 0.1) is 0 Å². The summed E-state index contributed by atoms with van der Waals surface area (Å²) >= 11 is 1.45. The van der Waals surface area contributed by atoms with Gasteiger partial charge in [0.2, 0.25) is 0 Å². The van der Waals surface area contributed by atoms with Crippen LogP contribution in [0.1, 0.15) is 15.2 Å². The number of carbonyl (C=O) groups excluding carboxylic acids is 1. The summed E-state index contributed by atoms with van der Waals surface area (Å²) in [5, 5.41) is 4.85. The van der Waals surface area contributed by atoms with Gasteiger partial charge in [0.25, 0.3) is 5.91 Å². The van der Waals surface area contributed by atoms with Gasteiger partial charge in [-0.15, -0.1) is 11.3 Å². The fourth-order valence-corrected chi connectivity index (χ4v) is 2.41. The molecule has 2 rings (SSSR count). The number of carbonyl (C=O) groups is 1. The Hall–Kier alpha value is -1.81. The van der Waals surface area contributed by atoms with Gasteiger partial charge in [-0.1, -0.05) is 24.3 Å². The molecular formula is C14H16N2OS. The van der Waals surface area contributed by atoms with E-state index in [2.05, 4.69) is 5.32 Å². The van der Waals surface area contributed by atoms with Crippen LogP contribution in [-0.4, -0.2) is 20.0 Å². The number of nitrogens with zero attached hydrogens (tertiary/aromatic N) is 1. The average molecular weight is 260 g/mol. The van der Waals surface area contributed by atoms with Gasteiger partial charge in [0.1, 0.15) is 0 Å². The van der Waals surface area contributed by atoms with Crippen LogP contribution in [-0.2, 0) is 6.54 Å². The maximum atomic E-state index is 11.8. The third kappa shape index (κ3) is 2.90. The van der Waals surface area contributed by atoms with Crippen LogP contribution >= 0.6 is 11.3 Å². The first-order valence-electron chi connectivity index (χ1n) is 5.75. The zero-order chi connectivity index (χ0) is 13.0. The van der Waals surface area contributed by atoms with Crippen molar-refractivity contribution in [1.82, 2.24) is 5.32 Å². The normalized spacial score (nSPS) is 10.1. The van der Waals surface area contributed by atoms with E-state index in [1.807, 2.05) is 60.8 Å². The zero-order valence-electron chi connectivity index (χ0n) is 10.5. The third-order valence-corrected chi connectivity index (χ3v) is 3.53. The van der Waals surface area contributed by atoms with Crippen LogP contribution in [0.3, 0.4) is 0 Å². The lowest BCUT2D eigenvalue weighted by Crippen LogP contribution is -2.23. The number of anilines is 1. The third-order valence-electron chi connectivity index (χ3n) is 2.66. The molecule has 0 aliphatic heterocycles. The van der Waals surface area contributed by atoms with E-state index in [1.54, 1.807) is 0 Å². The fraction of sp³-hybridized carbons (Fsp3) is 0.214.